The smallest absolute Gasteiger partial charge is 0.258 e. The first kappa shape index (κ1) is 10.9. The first-order valence-corrected chi connectivity index (χ1v) is 4.70. The van der Waals surface area contributed by atoms with Crippen molar-refractivity contribution in [2.45, 2.75) is 18.5 Å². The van der Waals surface area contributed by atoms with Crippen molar-refractivity contribution in [3.8, 4) is 0 Å². The lowest BCUT2D eigenvalue weighted by Crippen LogP contribution is -2.11. The van der Waals surface area contributed by atoms with E-state index in [2.05, 4.69) is 0 Å². The van der Waals surface area contributed by atoms with Crippen molar-refractivity contribution in [1.82, 2.24) is 0 Å². The fourth-order valence-corrected chi connectivity index (χ4v) is 1.79. The Labute approximate surface area is 89.0 Å². The second-order valence-electron chi connectivity index (χ2n) is 3.84. The third-order valence-electron chi connectivity index (χ3n) is 2.72. The highest BCUT2D eigenvalue weighted by Gasteiger charge is 2.56. The maximum Gasteiger partial charge on any atom is 0.392 e. The SMILES string of the molecule is O=[N+]([O-])c1cccc(C2CC2C(F)(F)F)c1. The van der Waals surface area contributed by atoms with Crippen LogP contribution < -0.4 is 0 Å². The van der Waals surface area contributed by atoms with Crippen LogP contribution in [0.1, 0.15) is 17.9 Å². The molecule has 1 saturated carbocycles. The van der Waals surface area contributed by atoms with Gasteiger partial charge in [0.1, 0.15) is 0 Å². The van der Waals surface area contributed by atoms with Crippen molar-refractivity contribution in [1.29, 1.82) is 0 Å². The average molecular weight is 231 g/mol. The number of hydrogen-bond acceptors (Lipinski definition) is 2. The molecule has 2 rings (SSSR count). The molecule has 0 saturated heterocycles. The monoisotopic (exact) mass is 231 g/mol. The van der Waals surface area contributed by atoms with Gasteiger partial charge in [-0.2, -0.15) is 13.2 Å². The normalized spacial score (nSPS) is 24.2. The zero-order valence-electron chi connectivity index (χ0n) is 8.07. The second-order valence-corrected chi connectivity index (χ2v) is 3.84. The fraction of sp³-hybridized carbons (Fsp3) is 0.400. The molecule has 16 heavy (non-hydrogen) atoms. The van der Waals surface area contributed by atoms with Gasteiger partial charge in [0, 0.05) is 12.1 Å². The van der Waals surface area contributed by atoms with Crippen LogP contribution in [0.2, 0.25) is 0 Å². The molecule has 86 valence electrons. The molecule has 0 spiro atoms. The second kappa shape index (κ2) is 3.47. The van der Waals surface area contributed by atoms with E-state index in [0.29, 0.717) is 5.56 Å². The van der Waals surface area contributed by atoms with Gasteiger partial charge in [0.15, 0.2) is 0 Å². The van der Waals surface area contributed by atoms with Crippen LogP contribution in [0, 0.1) is 16.0 Å². The van der Waals surface area contributed by atoms with Crippen molar-refractivity contribution in [2.24, 2.45) is 5.92 Å². The summed E-state index contributed by atoms with van der Waals surface area (Å²) in [4.78, 5) is 9.86. The number of alkyl halides is 3. The van der Waals surface area contributed by atoms with Crippen LogP contribution in [0.25, 0.3) is 0 Å². The van der Waals surface area contributed by atoms with Gasteiger partial charge in [-0.3, -0.25) is 10.1 Å². The van der Waals surface area contributed by atoms with Crippen LogP contribution in [0.4, 0.5) is 18.9 Å². The minimum atomic E-state index is -4.20. The van der Waals surface area contributed by atoms with Crippen molar-refractivity contribution in [2.75, 3.05) is 0 Å². The molecule has 6 heteroatoms. The van der Waals surface area contributed by atoms with Gasteiger partial charge < -0.3 is 0 Å². The lowest BCUT2D eigenvalue weighted by Gasteiger charge is -2.04. The number of non-ortho nitro benzene ring substituents is 1. The summed E-state index contributed by atoms with van der Waals surface area (Å²) in [5, 5.41) is 10.5. The molecular weight excluding hydrogens is 223 g/mol. The third-order valence-corrected chi connectivity index (χ3v) is 2.72. The minimum Gasteiger partial charge on any atom is -0.258 e. The molecule has 0 N–H and O–H groups in total. The predicted molar refractivity (Wildman–Crippen MR) is 50.0 cm³/mol. The predicted octanol–water partition coefficient (Wildman–Crippen LogP) is 3.26. The van der Waals surface area contributed by atoms with Crippen LogP contribution in [0.5, 0.6) is 0 Å². The van der Waals surface area contributed by atoms with Crippen LogP contribution >= 0.6 is 0 Å². The molecule has 0 amide bonds. The van der Waals surface area contributed by atoms with Crippen LogP contribution in [0.15, 0.2) is 24.3 Å². The first-order chi connectivity index (χ1) is 7.39. The van der Waals surface area contributed by atoms with Crippen molar-refractivity contribution in [3.63, 3.8) is 0 Å². The van der Waals surface area contributed by atoms with Gasteiger partial charge in [-0.1, -0.05) is 12.1 Å². The number of nitro benzene ring substituents is 1. The van der Waals surface area contributed by atoms with Gasteiger partial charge in [-0.15, -0.1) is 0 Å². The molecule has 0 heterocycles. The topological polar surface area (TPSA) is 43.1 Å². The van der Waals surface area contributed by atoms with E-state index in [1.54, 1.807) is 0 Å². The lowest BCUT2D eigenvalue weighted by molar-refractivity contribution is -0.384. The molecule has 0 aliphatic heterocycles. The van der Waals surface area contributed by atoms with Gasteiger partial charge in [-0.05, 0) is 17.9 Å². The standard InChI is InChI=1S/C10H8F3NO2/c11-10(12,13)9-5-8(9)6-2-1-3-7(4-6)14(15)16/h1-4,8-9H,5H2. The van der Waals surface area contributed by atoms with E-state index in [0.717, 1.165) is 0 Å². The summed E-state index contributed by atoms with van der Waals surface area (Å²) >= 11 is 0. The molecule has 2 unspecified atom stereocenters. The largest absolute Gasteiger partial charge is 0.392 e. The Morgan fingerprint density at radius 2 is 2.06 bits per heavy atom. The highest BCUT2D eigenvalue weighted by molar-refractivity contribution is 5.38. The Bertz CT molecular complexity index is 430. The Balaban J connectivity index is 2.18. The van der Waals surface area contributed by atoms with Gasteiger partial charge in [0.05, 0.1) is 10.8 Å². The van der Waals surface area contributed by atoms with E-state index in [4.69, 9.17) is 0 Å². The van der Waals surface area contributed by atoms with Crippen molar-refractivity contribution in [3.05, 3.63) is 39.9 Å². The number of benzene rings is 1. The quantitative estimate of drug-likeness (QED) is 0.579. The lowest BCUT2D eigenvalue weighted by atomic mass is 10.1. The molecule has 1 aromatic rings. The summed E-state index contributed by atoms with van der Waals surface area (Å²) in [6.45, 7) is 0. The van der Waals surface area contributed by atoms with Crippen LogP contribution in [-0.2, 0) is 0 Å². The van der Waals surface area contributed by atoms with E-state index < -0.39 is 22.9 Å². The zero-order valence-corrected chi connectivity index (χ0v) is 8.07. The third kappa shape index (κ3) is 2.00. The summed E-state index contributed by atoms with van der Waals surface area (Å²) in [6, 6.07) is 5.41. The molecule has 1 fully saturated rings. The number of nitrogens with zero attached hydrogens (tertiary/aromatic N) is 1. The van der Waals surface area contributed by atoms with E-state index in [1.807, 2.05) is 0 Å². The van der Waals surface area contributed by atoms with E-state index >= 15 is 0 Å². The summed E-state index contributed by atoms with van der Waals surface area (Å²) in [6.07, 6.45) is -4.17. The summed E-state index contributed by atoms with van der Waals surface area (Å²) in [5.41, 5.74) is 0.238. The minimum absolute atomic E-state index is 0.0324. The van der Waals surface area contributed by atoms with Crippen LogP contribution in [-0.4, -0.2) is 11.1 Å². The Morgan fingerprint density at radius 1 is 1.38 bits per heavy atom. The van der Waals surface area contributed by atoms with Gasteiger partial charge in [0.25, 0.3) is 5.69 Å². The molecule has 1 aliphatic rings. The molecule has 0 aromatic heterocycles. The molecule has 2 atom stereocenters. The number of halogens is 3. The van der Waals surface area contributed by atoms with Gasteiger partial charge in [0.2, 0.25) is 0 Å². The molecule has 3 nitrogen and oxygen atoms in total. The van der Waals surface area contributed by atoms with E-state index in [-0.39, 0.29) is 12.1 Å². The molecular formula is C10H8F3NO2. The van der Waals surface area contributed by atoms with Crippen LogP contribution in [0.3, 0.4) is 0 Å². The number of rotatable bonds is 2. The van der Waals surface area contributed by atoms with E-state index in [1.165, 1.54) is 24.3 Å². The molecule has 1 aromatic carbocycles. The maximum absolute atomic E-state index is 12.3. The highest BCUT2D eigenvalue weighted by atomic mass is 19.4. The number of hydrogen-bond donors (Lipinski definition) is 0. The summed E-state index contributed by atoms with van der Waals surface area (Å²) in [7, 11) is 0. The van der Waals surface area contributed by atoms with Crippen molar-refractivity contribution < 1.29 is 18.1 Å². The fourth-order valence-electron chi connectivity index (χ4n) is 1.79. The zero-order chi connectivity index (χ0) is 11.9. The van der Waals surface area contributed by atoms with Gasteiger partial charge >= 0.3 is 6.18 Å². The summed E-state index contributed by atoms with van der Waals surface area (Å²) in [5.74, 6) is -1.95. The molecule has 0 radical (unpaired) electrons. The maximum atomic E-state index is 12.3. The average Bonchev–Trinajstić information content (AvgIpc) is 2.96. The van der Waals surface area contributed by atoms with Gasteiger partial charge in [-0.25, -0.2) is 0 Å². The first-order valence-electron chi connectivity index (χ1n) is 4.70. The highest BCUT2D eigenvalue weighted by Crippen LogP contribution is 2.56. The van der Waals surface area contributed by atoms with Crippen molar-refractivity contribution >= 4 is 5.69 Å². The molecule has 0 bridgehead atoms. The van der Waals surface area contributed by atoms with E-state index in [9.17, 15) is 23.3 Å². The number of nitro groups is 1. The molecule has 1 aliphatic carbocycles. The Morgan fingerprint density at radius 3 is 2.56 bits per heavy atom. The summed E-state index contributed by atoms with van der Waals surface area (Å²) < 4.78 is 36.9. The Kier molecular flexibility index (Phi) is 2.36. The Hall–Kier alpha value is -1.59.